The molecule has 62 heavy (non-hydrogen) atoms. The first-order valence-corrected chi connectivity index (χ1v) is 23.0. The van der Waals surface area contributed by atoms with Crippen LogP contribution in [0.15, 0.2) is 72.9 Å². The number of rotatable bonds is 34. The SMILES string of the molecule is CC/C=C\C/C=C\C/C=C\C/C=C\C/C=C\C/C=C\CCCCCOCC(COC1OC(COC2OC(CO)C(O)C(O)C2O)C(O)C(O)C1O)OC(=O)CCCCCCCC. The summed E-state index contributed by atoms with van der Waals surface area (Å²) in [6, 6.07) is 0. The quantitative estimate of drug-likeness (QED) is 0.0240. The van der Waals surface area contributed by atoms with Crippen LogP contribution in [0.3, 0.4) is 0 Å². The molecule has 2 fully saturated rings. The molecule has 2 saturated heterocycles. The average molecular weight is 881 g/mol. The second kappa shape index (κ2) is 35.7. The molecule has 2 aliphatic heterocycles. The fourth-order valence-electron chi connectivity index (χ4n) is 6.70. The minimum absolute atomic E-state index is 0.0348. The summed E-state index contributed by atoms with van der Waals surface area (Å²) in [6.45, 7) is 3.38. The number of unbranched alkanes of at least 4 members (excludes halogenated alkanes) is 8. The third kappa shape index (κ3) is 23.9. The van der Waals surface area contributed by atoms with E-state index in [4.69, 9.17) is 28.4 Å². The molecule has 0 aromatic carbocycles. The van der Waals surface area contributed by atoms with E-state index in [0.717, 1.165) is 96.3 Å². The van der Waals surface area contributed by atoms with Gasteiger partial charge in [0.25, 0.3) is 0 Å². The lowest BCUT2D eigenvalue weighted by Gasteiger charge is -2.42. The van der Waals surface area contributed by atoms with Gasteiger partial charge in [-0.1, -0.05) is 125 Å². The first kappa shape index (κ1) is 55.6. The van der Waals surface area contributed by atoms with E-state index >= 15 is 0 Å². The van der Waals surface area contributed by atoms with Crippen LogP contribution in [0.25, 0.3) is 0 Å². The zero-order valence-corrected chi connectivity index (χ0v) is 37.3. The highest BCUT2D eigenvalue weighted by atomic mass is 16.7. The van der Waals surface area contributed by atoms with Crippen molar-refractivity contribution in [3.8, 4) is 0 Å². The Balaban J connectivity index is 1.74. The first-order chi connectivity index (χ1) is 30.1. The Hall–Kier alpha value is -2.57. The number of hydrogen-bond donors (Lipinski definition) is 7. The minimum Gasteiger partial charge on any atom is -0.457 e. The van der Waals surface area contributed by atoms with Crippen molar-refractivity contribution in [2.24, 2.45) is 0 Å². The average Bonchev–Trinajstić information content (AvgIpc) is 3.27. The predicted molar refractivity (Wildman–Crippen MR) is 238 cm³/mol. The normalized spacial score (nSPS) is 27.9. The molecular formula is C48H80O14. The molecule has 11 atom stereocenters. The van der Waals surface area contributed by atoms with Crippen molar-refractivity contribution in [1.82, 2.24) is 0 Å². The van der Waals surface area contributed by atoms with Gasteiger partial charge in [-0.05, 0) is 64.2 Å². The van der Waals surface area contributed by atoms with Gasteiger partial charge in [-0.3, -0.25) is 4.79 Å². The Bertz CT molecular complexity index is 1300. The molecule has 0 bridgehead atoms. The highest BCUT2D eigenvalue weighted by Gasteiger charge is 2.47. The lowest BCUT2D eigenvalue weighted by Crippen LogP contribution is -2.61. The van der Waals surface area contributed by atoms with Gasteiger partial charge in [0.15, 0.2) is 12.6 Å². The molecule has 2 rings (SSSR count). The van der Waals surface area contributed by atoms with Crippen LogP contribution in [-0.2, 0) is 33.2 Å². The first-order valence-electron chi connectivity index (χ1n) is 23.0. The Morgan fingerprint density at radius 1 is 0.548 bits per heavy atom. The Kier molecular flexibility index (Phi) is 32.0. The molecule has 0 amide bonds. The van der Waals surface area contributed by atoms with Crippen molar-refractivity contribution in [3.63, 3.8) is 0 Å². The highest BCUT2D eigenvalue weighted by Crippen LogP contribution is 2.26. The fraction of sp³-hybridized carbons (Fsp3) is 0.729. The maximum absolute atomic E-state index is 12.8. The van der Waals surface area contributed by atoms with Crippen LogP contribution in [0.2, 0.25) is 0 Å². The van der Waals surface area contributed by atoms with Crippen molar-refractivity contribution in [1.29, 1.82) is 0 Å². The van der Waals surface area contributed by atoms with Gasteiger partial charge in [0.2, 0.25) is 0 Å². The molecule has 0 radical (unpaired) electrons. The van der Waals surface area contributed by atoms with Gasteiger partial charge in [-0.15, -0.1) is 0 Å². The Morgan fingerprint density at radius 3 is 1.63 bits per heavy atom. The number of carbonyl (C=O) groups is 1. The molecule has 2 aliphatic rings. The van der Waals surface area contributed by atoms with E-state index in [1.807, 2.05) is 0 Å². The molecule has 0 aliphatic carbocycles. The van der Waals surface area contributed by atoms with E-state index in [-0.39, 0.29) is 19.6 Å². The Labute approximate surface area is 370 Å². The van der Waals surface area contributed by atoms with E-state index in [1.54, 1.807) is 0 Å². The lowest BCUT2D eigenvalue weighted by molar-refractivity contribution is -0.332. The van der Waals surface area contributed by atoms with Crippen LogP contribution in [0.1, 0.15) is 123 Å². The van der Waals surface area contributed by atoms with Crippen LogP contribution >= 0.6 is 0 Å². The van der Waals surface area contributed by atoms with Crippen molar-refractivity contribution < 1.29 is 69.0 Å². The van der Waals surface area contributed by atoms with Crippen LogP contribution < -0.4 is 0 Å². The smallest absolute Gasteiger partial charge is 0.306 e. The summed E-state index contributed by atoms with van der Waals surface area (Å²) in [6.07, 6.45) is 25.9. The number of aliphatic hydroxyl groups excluding tert-OH is 7. The number of aliphatic hydroxyl groups is 7. The molecule has 0 saturated carbocycles. The van der Waals surface area contributed by atoms with Crippen LogP contribution in [0.4, 0.5) is 0 Å². The fourth-order valence-corrected chi connectivity index (χ4v) is 6.70. The molecule has 0 spiro atoms. The summed E-state index contributed by atoms with van der Waals surface area (Å²) < 4.78 is 34.0. The summed E-state index contributed by atoms with van der Waals surface area (Å²) >= 11 is 0. The number of allylic oxidation sites excluding steroid dienone is 12. The second-order valence-electron chi connectivity index (χ2n) is 15.8. The molecule has 14 nitrogen and oxygen atoms in total. The van der Waals surface area contributed by atoms with Crippen LogP contribution in [0.5, 0.6) is 0 Å². The largest absolute Gasteiger partial charge is 0.457 e. The van der Waals surface area contributed by atoms with Crippen LogP contribution in [-0.4, -0.2) is 142 Å². The molecule has 0 aromatic heterocycles. The predicted octanol–water partition coefficient (Wildman–Crippen LogP) is 5.56. The summed E-state index contributed by atoms with van der Waals surface area (Å²) in [5.41, 5.74) is 0. The molecule has 11 unspecified atom stereocenters. The van der Waals surface area contributed by atoms with E-state index < -0.39 is 86.7 Å². The van der Waals surface area contributed by atoms with Crippen LogP contribution in [0, 0.1) is 0 Å². The van der Waals surface area contributed by atoms with E-state index in [0.29, 0.717) is 13.0 Å². The third-order valence-corrected chi connectivity index (χ3v) is 10.5. The van der Waals surface area contributed by atoms with Gasteiger partial charge < -0.3 is 64.2 Å². The zero-order valence-electron chi connectivity index (χ0n) is 37.3. The van der Waals surface area contributed by atoms with Crippen molar-refractivity contribution in [3.05, 3.63) is 72.9 Å². The van der Waals surface area contributed by atoms with Crippen molar-refractivity contribution >= 4 is 5.97 Å². The molecular weight excluding hydrogens is 801 g/mol. The standard InChI is InChI=1S/C48H80O14/c1-3-5-7-9-11-12-13-14-15-16-17-18-19-20-21-22-23-24-25-26-28-30-32-57-34-37(60-40(50)31-29-27-10-8-6-4-2)35-58-47-46(56)44(54)42(52)39(62-47)36-59-48-45(55)43(53)41(51)38(33-49)61-48/h5,7,11-12,14-15,17-18,20-21,23-24,37-39,41-49,51-56H,3-4,6,8-10,13,16,19,22,25-36H2,1-2H3/b7-5-,12-11-,15-14-,18-17-,21-20-,24-23-. The van der Waals surface area contributed by atoms with Gasteiger partial charge in [0, 0.05) is 13.0 Å². The highest BCUT2D eigenvalue weighted by molar-refractivity contribution is 5.69. The zero-order chi connectivity index (χ0) is 45.2. The summed E-state index contributed by atoms with van der Waals surface area (Å²) in [7, 11) is 0. The molecule has 356 valence electrons. The van der Waals surface area contributed by atoms with E-state index in [2.05, 4.69) is 86.8 Å². The maximum Gasteiger partial charge on any atom is 0.306 e. The third-order valence-electron chi connectivity index (χ3n) is 10.5. The summed E-state index contributed by atoms with van der Waals surface area (Å²) in [4.78, 5) is 12.8. The van der Waals surface area contributed by atoms with Crippen molar-refractivity contribution in [2.75, 3.05) is 33.0 Å². The van der Waals surface area contributed by atoms with Gasteiger partial charge >= 0.3 is 5.97 Å². The number of ether oxygens (including phenoxy) is 6. The molecule has 2 heterocycles. The number of hydrogen-bond acceptors (Lipinski definition) is 14. The van der Waals surface area contributed by atoms with Gasteiger partial charge in [0.1, 0.15) is 54.9 Å². The van der Waals surface area contributed by atoms with E-state index in [9.17, 15) is 40.5 Å². The second-order valence-corrected chi connectivity index (χ2v) is 15.8. The monoisotopic (exact) mass is 881 g/mol. The maximum atomic E-state index is 12.8. The number of carbonyl (C=O) groups excluding carboxylic acids is 1. The lowest BCUT2D eigenvalue weighted by atomic mass is 9.98. The summed E-state index contributed by atoms with van der Waals surface area (Å²) in [5, 5.41) is 71.7. The molecule has 14 heteroatoms. The topological polar surface area (TPSA) is 214 Å². The Morgan fingerprint density at radius 2 is 1.05 bits per heavy atom. The van der Waals surface area contributed by atoms with E-state index in [1.165, 1.54) is 0 Å². The van der Waals surface area contributed by atoms with Gasteiger partial charge in [-0.25, -0.2) is 0 Å². The molecule has 0 aromatic rings. The molecule has 7 N–H and O–H groups in total. The summed E-state index contributed by atoms with van der Waals surface area (Å²) in [5.74, 6) is -0.402. The number of esters is 1. The van der Waals surface area contributed by atoms with Crippen molar-refractivity contribution in [2.45, 2.75) is 191 Å². The van der Waals surface area contributed by atoms with Gasteiger partial charge in [-0.2, -0.15) is 0 Å². The van der Waals surface area contributed by atoms with Gasteiger partial charge in [0.05, 0.1) is 26.4 Å². The minimum atomic E-state index is -1.71.